The third-order valence-corrected chi connectivity index (χ3v) is 2.91. The van der Waals surface area contributed by atoms with E-state index in [0.717, 1.165) is 0 Å². The van der Waals surface area contributed by atoms with Gasteiger partial charge in [-0.25, -0.2) is 0 Å². The van der Waals surface area contributed by atoms with Crippen LogP contribution in [0.25, 0.3) is 0 Å². The number of carboxylic acids is 2. The minimum atomic E-state index is -1.12. The van der Waals surface area contributed by atoms with Crippen LogP contribution in [0.15, 0.2) is 0 Å². The van der Waals surface area contributed by atoms with E-state index in [1.165, 1.54) is 0 Å². The summed E-state index contributed by atoms with van der Waals surface area (Å²) in [5, 5.41) is 17.4. The van der Waals surface area contributed by atoms with E-state index in [9.17, 15) is 9.59 Å². The standard InChI is InChI=1S/C8H13NO4/c1-2-8(7(12)13)3-4(8)5(9)6(10)11/h4-5H,2-3,9H2,1H3,(H,10,11)(H,12,13)/t4-,5-,8+/m0/s1. The topological polar surface area (TPSA) is 101 Å². The van der Waals surface area contributed by atoms with Gasteiger partial charge >= 0.3 is 11.9 Å². The molecule has 0 radical (unpaired) electrons. The van der Waals surface area contributed by atoms with Crippen molar-refractivity contribution in [3.05, 3.63) is 0 Å². The number of carbonyl (C=O) groups is 2. The van der Waals surface area contributed by atoms with E-state index in [4.69, 9.17) is 15.9 Å². The molecule has 0 aromatic carbocycles. The van der Waals surface area contributed by atoms with E-state index in [-0.39, 0.29) is 0 Å². The molecule has 3 atom stereocenters. The van der Waals surface area contributed by atoms with Crippen molar-refractivity contribution in [1.82, 2.24) is 0 Å². The van der Waals surface area contributed by atoms with Gasteiger partial charge < -0.3 is 15.9 Å². The number of hydrogen-bond acceptors (Lipinski definition) is 3. The molecule has 0 amide bonds. The lowest BCUT2D eigenvalue weighted by molar-refractivity contribution is -0.145. The molecule has 1 fully saturated rings. The van der Waals surface area contributed by atoms with Gasteiger partial charge in [-0.05, 0) is 12.8 Å². The minimum absolute atomic E-state index is 0.381. The van der Waals surface area contributed by atoms with Crippen LogP contribution in [0.3, 0.4) is 0 Å². The number of rotatable bonds is 4. The van der Waals surface area contributed by atoms with Crippen molar-refractivity contribution in [1.29, 1.82) is 0 Å². The smallest absolute Gasteiger partial charge is 0.320 e. The molecular formula is C8H13NO4. The van der Waals surface area contributed by atoms with Gasteiger partial charge in [0.05, 0.1) is 5.41 Å². The normalized spacial score (nSPS) is 33.8. The molecule has 1 saturated carbocycles. The van der Waals surface area contributed by atoms with Crippen molar-refractivity contribution < 1.29 is 19.8 Å². The summed E-state index contributed by atoms with van der Waals surface area (Å²) in [5.74, 6) is -2.47. The maximum atomic E-state index is 10.8. The molecule has 1 aliphatic carbocycles. The highest BCUT2D eigenvalue weighted by Crippen LogP contribution is 2.56. The Balaban J connectivity index is 2.70. The molecule has 4 N–H and O–H groups in total. The van der Waals surface area contributed by atoms with Gasteiger partial charge in [-0.1, -0.05) is 6.92 Å². The molecule has 5 nitrogen and oxygen atoms in total. The number of carboxylic acid groups (broad SMARTS) is 2. The van der Waals surface area contributed by atoms with Gasteiger partial charge in [0, 0.05) is 5.92 Å². The quantitative estimate of drug-likeness (QED) is 0.570. The first-order chi connectivity index (χ1) is 5.95. The van der Waals surface area contributed by atoms with Crippen molar-refractivity contribution >= 4 is 11.9 Å². The minimum Gasteiger partial charge on any atom is -0.481 e. The first-order valence-electron chi connectivity index (χ1n) is 4.17. The lowest BCUT2D eigenvalue weighted by atomic mass is 9.97. The van der Waals surface area contributed by atoms with Gasteiger partial charge in [-0.15, -0.1) is 0 Å². The monoisotopic (exact) mass is 187 g/mol. The molecule has 0 spiro atoms. The highest BCUT2D eigenvalue weighted by Gasteiger charge is 2.62. The van der Waals surface area contributed by atoms with Crippen LogP contribution in [0.4, 0.5) is 0 Å². The van der Waals surface area contributed by atoms with E-state index in [2.05, 4.69) is 0 Å². The second-order valence-electron chi connectivity index (χ2n) is 3.49. The molecule has 0 aromatic rings. The average molecular weight is 187 g/mol. The van der Waals surface area contributed by atoms with E-state index < -0.39 is 29.3 Å². The van der Waals surface area contributed by atoms with E-state index in [1.54, 1.807) is 6.92 Å². The summed E-state index contributed by atoms with van der Waals surface area (Å²) in [6, 6.07) is -1.05. The lowest BCUT2D eigenvalue weighted by Crippen LogP contribution is -2.36. The maximum absolute atomic E-state index is 10.8. The summed E-state index contributed by atoms with van der Waals surface area (Å²) >= 11 is 0. The highest BCUT2D eigenvalue weighted by atomic mass is 16.4. The van der Waals surface area contributed by atoms with Gasteiger partial charge in [0.25, 0.3) is 0 Å². The van der Waals surface area contributed by atoms with E-state index in [0.29, 0.717) is 12.8 Å². The average Bonchev–Trinajstić information content (AvgIpc) is 2.78. The summed E-state index contributed by atoms with van der Waals surface area (Å²) in [5.41, 5.74) is 4.47. The summed E-state index contributed by atoms with van der Waals surface area (Å²) in [6.07, 6.45) is 0.820. The van der Waals surface area contributed by atoms with Crippen molar-refractivity contribution in [3.63, 3.8) is 0 Å². The van der Waals surface area contributed by atoms with E-state index >= 15 is 0 Å². The summed E-state index contributed by atoms with van der Waals surface area (Å²) in [4.78, 5) is 21.3. The molecular weight excluding hydrogens is 174 g/mol. The number of hydrogen-bond donors (Lipinski definition) is 3. The largest absolute Gasteiger partial charge is 0.481 e. The zero-order chi connectivity index (χ0) is 10.2. The van der Waals surface area contributed by atoms with Gasteiger partial charge in [0.1, 0.15) is 6.04 Å². The Kier molecular flexibility index (Phi) is 2.30. The van der Waals surface area contributed by atoms with Crippen LogP contribution in [-0.2, 0) is 9.59 Å². The SMILES string of the molecule is CC[C@@]1(C(=O)O)C[C@H]1[C@H](N)C(=O)O. The fourth-order valence-corrected chi connectivity index (χ4v) is 1.78. The summed E-state index contributed by atoms with van der Waals surface area (Å²) in [7, 11) is 0. The van der Waals surface area contributed by atoms with E-state index in [1.807, 2.05) is 0 Å². The molecule has 0 heterocycles. The lowest BCUT2D eigenvalue weighted by Gasteiger charge is -2.11. The third kappa shape index (κ3) is 1.39. The Morgan fingerprint density at radius 1 is 1.62 bits per heavy atom. The van der Waals surface area contributed by atoms with Gasteiger partial charge in [-0.2, -0.15) is 0 Å². The van der Waals surface area contributed by atoms with Gasteiger partial charge in [0.2, 0.25) is 0 Å². The fraction of sp³-hybridized carbons (Fsp3) is 0.750. The van der Waals surface area contributed by atoms with Crippen molar-refractivity contribution in [3.8, 4) is 0 Å². The van der Waals surface area contributed by atoms with Gasteiger partial charge in [0.15, 0.2) is 0 Å². The van der Waals surface area contributed by atoms with Crippen molar-refractivity contribution in [2.75, 3.05) is 0 Å². The Morgan fingerprint density at radius 2 is 2.15 bits per heavy atom. The maximum Gasteiger partial charge on any atom is 0.320 e. The molecule has 0 aromatic heterocycles. The molecule has 1 rings (SSSR count). The number of nitrogens with two attached hydrogens (primary N) is 1. The zero-order valence-corrected chi connectivity index (χ0v) is 7.36. The predicted octanol–water partition coefficient (Wildman–Crippen LogP) is -0.101. The van der Waals surface area contributed by atoms with Crippen LogP contribution >= 0.6 is 0 Å². The molecule has 0 bridgehead atoms. The molecule has 0 aliphatic heterocycles. The number of aliphatic carboxylic acids is 2. The van der Waals surface area contributed by atoms with Crippen LogP contribution in [0.5, 0.6) is 0 Å². The molecule has 5 heteroatoms. The predicted molar refractivity (Wildman–Crippen MR) is 44.1 cm³/mol. The second-order valence-corrected chi connectivity index (χ2v) is 3.49. The van der Waals surface area contributed by atoms with Crippen LogP contribution in [0.1, 0.15) is 19.8 Å². The van der Waals surface area contributed by atoms with Crippen LogP contribution in [0.2, 0.25) is 0 Å². The second kappa shape index (κ2) is 2.99. The molecule has 0 unspecified atom stereocenters. The summed E-state index contributed by atoms with van der Waals surface area (Å²) < 4.78 is 0. The van der Waals surface area contributed by atoms with Crippen molar-refractivity contribution in [2.24, 2.45) is 17.1 Å². The van der Waals surface area contributed by atoms with Gasteiger partial charge in [-0.3, -0.25) is 9.59 Å². The van der Waals surface area contributed by atoms with Crippen LogP contribution < -0.4 is 5.73 Å². The Morgan fingerprint density at radius 3 is 2.38 bits per heavy atom. The Labute approximate surface area is 75.5 Å². The Bertz CT molecular complexity index is 253. The molecule has 13 heavy (non-hydrogen) atoms. The molecule has 1 aliphatic rings. The van der Waals surface area contributed by atoms with Crippen molar-refractivity contribution in [2.45, 2.75) is 25.8 Å². The summed E-state index contributed by atoms with van der Waals surface area (Å²) in [6.45, 7) is 1.74. The first kappa shape index (κ1) is 9.98. The first-order valence-corrected chi connectivity index (χ1v) is 4.17. The molecule has 0 saturated heterocycles. The Hall–Kier alpha value is -1.10. The highest BCUT2D eigenvalue weighted by molar-refractivity contribution is 5.82. The van der Waals surface area contributed by atoms with Crippen LogP contribution in [-0.4, -0.2) is 28.2 Å². The van der Waals surface area contributed by atoms with Crippen LogP contribution in [0, 0.1) is 11.3 Å². The molecule has 74 valence electrons. The fourth-order valence-electron chi connectivity index (χ4n) is 1.78. The zero-order valence-electron chi connectivity index (χ0n) is 7.36. The third-order valence-electron chi connectivity index (χ3n) is 2.91.